The lowest BCUT2D eigenvalue weighted by atomic mass is 10.0. The number of imidazole rings is 1. The normalized spacial score (nSPS) is 20.9. The summed E-state index contributed by atoms with van der Waals surface area (Å²) in [6, 6.07) is 4.36. The average molecular weight is 246 g/mol. The molecular weight excluding hydrogens is 228 g/mol. The molecule has 1 fully saturated rings. The van der Waals surface area contributed by atoms with Crippen LogP contribution in [0.3, 0.4) is 0 Å². The van der Waals surface area contributed by atoms with Gasteiger partial charge in [0, 0.05) is 12.6 Å². The molecule has 0 amide bonds. The fraction of sp³-hybridized carbons (Fsp3) is 0.500. The molecule has 1 aliphatic rings. The maximum absolute atomic E-state index is 4.58. The largest absolute Gasteiger partial charge is 0.304 e. The van der Waals surface area contributed by atoms with Gasteiger partial charge in [0.05, 0.1) is 11.7 Å². The van der Waals surface area contributed by atoms with Crippen molar-refractivity contribution in [3.63, 3.8) is 0 Å². The summed E-state index contributed by atoms with van der Waals surface area (Å²) in [4.78, 5) is 4.58. The highest BCUT2D eigenvalue weighted by atomic mass is 32.2. The Morgan fingerprint density at radius 1 is 1.53 bits per heavy atom. The highest BCUT2D eigenvalue weighted by Gasteiger charge is 2.16. The number of aromatic nitrogens is 2. The van der Waals surface area contributed by atoms with E-state index in [9.17, 15) is 0 Å². The van der Waals surface area contributed by atoms with Crippen LogP contribution in [0.5, 0.6) is 0 Å². The molecular formula is C14H18N2S. The van der Waals surface area contributed by atoms with Crippen molar-refractivity contribution in [2.45, 2.75) is 26.2 Å². The molecule has 0 aliphatic carbocycles. The topological polar surface area (TPSA) is 17.3 Å². The van der Waals surface area contributed by atoms with Gasteiger partial charge in [-0.3, -0.25) is 0 Å². The summed E-state index contributed by atoms with van der Waals surface area (Å²) in [5, 5.41) is 0. The Morgan fingerprint density at radius 2 is 2.47 bits per heavy atom. The second kappa shape index (κ2) is 4.73. The van der Waals surface area contributed by atoms with Crippen LogP contribution in [-0.2, 0) is 6.42 Å². The van der Waals surface area contributed by atoms with Crippen LogP contribution >= 0.6 is 11.8 Å². The first-order valence-corrected chi connectivity index (χ1v) is 7.49. The Labute approximate surface area is 106 Å². The average Bonchev–Trinajstić information content (AvgIpc) is 2.73. The van der Waals surface area contributed by atoms with E-state index in [4.69, 9.17) is 0 Å². The van der Waals surface area contributed by atoms with Crippen molar-refractivity contribution in [2.24, 2.45) is 5.92 Å². The van der Waals surface area contributed by atoms with Crippen LogP contribution in [0.25, 0.3) is 5.52 Å². The minimum Gasteiger partial charge on any atom is -0.304 e. The molecule has 2 nitrogen and oxygen atoms in total. The van der Waals surface area contributed by atoms with Gasteiger partial charge in [0.1, 0.15) is 5.82 Å². The monoisotopic (exact) mass is 246 g/mol. The lowest BCUT2D eigenvalue weighted by Gasteiger charge is -2.20. The van der Waals surface area contributed by atoms with E-state index < -0.39 is 0 Å². The lowest BCUT2D eigenvalue weighted by Crippen LogP contribution is -2.14. The molecule has 0 aromatic carbocycles. The highest BCUT2D eigenvalue weighted by Crippen LogP contribution is 2.25. The molecule has 1 saturated heterocycles. The first kappa shape index (κ1) is 11.1. The summed E-state index contributed by atoms with van der Waals surface area (Å²) in [5.41, 5.74) is 2.53. The number of fused-ring (bicyclic) bond motifs is 1. The number of aryl methyl sites for hydroxylation is 1. The molecule has 0 N–H and O–H groups in total. The van der Waals surface area contributed by atoms with Gasteiger partial charge in [-0.1, -0.05) is 0 Å². The molecule has 1 unspecified atom stereocenters. The Balaban J connectivity index is 1.84. The van der Waals surface area contributed by atoms with Crippen LogP contribution < -0.4 is 0 Å². The Bertz CT molecular complexity index is 512. The molecule has 0 saturated carbocycles. The molecule has 3 heterocycles. The third-order valence-electron chi connectivity index (χ3n) is 3.49. The van der Waals surface area contributed by atoms with Gasteiger partial charge in [-0.15, -0.1) is 0 Å². The number of rotatable bonds is 2. The highest BCUT2D eigenvalue weighted by molar-refractivity contribution is 7.99. The molecule has 0 radical (unpaired) electrons. The quantitative estimate of drug-likeness (QED) is 0.808. The third kappa shape index (κ3) is 2.34. The Morgan fingerprint density at radius 3 is 3.29 bits per heavy atom. The first-order valence-electron chi connectivity index (χ1n) is 6.33. The van der Waals surface area contributed by atoms with Gasteiger partial charge in [-0.05, 0) is 54.9 Å². The molecule has 2 aromatic rings. The third-order valence-corrected chi connectivity index (χ3v) is 4.77. The number of pyridine rings is 1. The minimum absolute atomic E-state index is 0.820. The fourth-order valence-electron chi connectivity index (χ4n) is 2.54. The van der Waals surface area contributed by atoms with Gasteiger partial charge in [0.25, 0.3) is 0 Å². The van der Waals surface area contributed by atoms with Gasteiger partial charge in [0.2, 0.25) is 0 Å². The van der Waals surface area contributed by atoms with E-state index in [0.717, 1.165) is 12.3 Å². The summed E-state index contributed by atoms with van der Waals surface area (Å²) >= 11 is 2.10. The van der Waals surface area contributed by atoms with Gasteiger partial charge in [-0.2, -0.15) is 11.8 Å². The molecule has 3 rings (SSSR count). The van der Waals surface area contributed by atoms with Crippen molar-refractivity contribution in [2.75, 3.05) is 11.5 Å². The molecule has 0 spiro atoms. The molecule has 90 valence electrons. The van der Waals surface area contributed by atoms with E-state index in [1.165, 1.54) is 41.3 Å². The maximum atomic E-state index is 4.58. The molecule has 3 heteroatoms. The van der Waals surface area contributed by atoms with Crippen molar-refractivity contribution >= 4 is 17.3 Å². The van der Waals surface area contributed by atoms with Gasteiger partial charge < -0.3 is 4.40 Å². The molecule has 17 heavy (non-hydrogen) atoms. The predicted molar refractivity (Wildman–Crippen MR) is 73.7 cm³/mol. The van der Waals surface area contributed by atoms with E-state index in [-0.39, 0.29) is 0 Å². The van der Waals surface area contributed by atoms with Crippen LogP contribution in [-0.4, -0.2) is 20.9 Å². The van der Waals surface area contributed by atoms with Gasteiger partial charge in [-0.25, -0.2) is 4.98 Å². The minimum atomic E-state index is 0.820. The van der Waals surface area contributed by atoms with Crippen LogP contribution in [0.1, 0.15) is 24.2 Å². The van der Waals surface area contributed by atoms with E-state index in [0.29, 0.717) is 0 Å². The summed E-state index contributed by atoms with van der Waals surface area (Å²) in [6.07, 6.45) is 8.02. The zero-order valence-electron chi connectivity index (χ0n) is 10.2. The number of thioether (sulfide) groups is 1. The Hall–Kier alpha value is -0.960. The van der Waals surface area contributed by atoms with Crippen molar-refractivity contribution in [3.05, 3.63) is 35.9 Å². The van der Waals surface area contributed by atoms with Crippen LogP contribution in [0.4, 0.5) is 0 Å². The SMILES string of the molecule is Cc1ccn2c(CC3CCCSC3)ncc2c1. The van der Waals surface area contributed by atoms with Crippen molar-refractivity contribution in [1.82, 2.24) is 9.38 Å². The molecule has 1 aliphatic heterocycles. The predicted octanol–water partition coefficient (Wildman–Crippen LogP) is 3.33. The van der Waals surface area contributed by atoms with Gasteiger partial charge in [0.15, 0.2) is 0 Å². The van der Waals surface area contributed by atoms with E-state index in [1.54, 1.807) is 0 Å². The summed E-state index contributed by atoms with van der Waals surface area (Å²) in [7, 11) is 0. The number of hydrogen-bond acceptors (Lipinski definition) is 2. The lowest BCUT2D eigenvalue weighted by molar-refractivity contribution is 0.507. The van der Waals surface area contributed by atoms with E-state index in [1.807, 2.05) is 6.20 Å². The second-order valence-corrected chi connectivity index (χ2v) is 6.11. The summed E-state index contributed by atoms with van der Waals surface area (Å²) < 4.78 is 2.24. The smallest absolute Gasteiger partial charge is 0.113 e. The van der Waals surface area contributed by atoms with Crippen LogP contribution in [0.2, 0.25) is 0 Å². The fourth-order valence-corrected chi connectivity index (χ4v) is 3.70. The summed E-state index contributed by atoms with van der Waals surface area (Å²) in [5.74, 6) is 4.70. The second-order valence-electron chi connectivity index (χ2n) is 4.96. The maximum Gasteiger partial charge on any atom is 0.113 e. The van der Waals surface area contributed by atoms with E-state index >= 15 is 0 Å². The zero-order valence-corrected chi connectivity index (χ0v) is 11.0. The molecule has 0 bridgehead atoms. The number of nitrogens with zero attached hydrogens (tertiary/aromatic N) is 2. The molecule has 2 aromatic heterocycles. The number of hydrogen-bond donors (Lipinski definition) is 0. The van der Waals surface area contributed by atoms with E-state index in [2.05, 4.69) is 46.4 Å². The standard InChI is InChI=1S/C14H18N2S/c1-11-4-5-16-13(7-11)9-15-14(16)8-12-3-2-6-17-10-12/h4-5,7,9,12H,2-3,6,8,10H2,1H3. The molecule has 1 atom stereocenters. The Kier molecular flexibility index (Phi) is 3.10. The van der Waals surface area contributed by atoms with Crippen LogP contribution in [0.15, 0.2) is 24.5 Å². The van der Waals surface area contributed by atoms with Crippen molar-refractivity contribution in [3.8, 4) is 0 Å². The van der Waals surface area contributed by atoms with Crippen molar-refractivity contribution < 1.29 is 0 Å². The van der Waals surface area contributed by atoms with Crippen molar-refractivity contribution in [1.29, 1.82) is 0 Å². The summed E-state index contributed by atoms with van der Waals surface area (Å²) in [6.45, 7) is 2.13. The zero-order chi connectivity index (χ0) is 11.7. The first-order chi connectivity index (χ1) is 8.33. The van der Waals surface area contributed by atoms with Crippen LogP contribution in [0, 0.1) is 12.8 Å². The van der Waals surface area contributed by atoms with Gasteiger partial charge >= 0.3 is 0 Å².